The third kappa shape index (κ3) is 3.02. The van der Waals surface area contributed by atoms with Gasteiger partial charge in [-0.15, -0.1) is 0 Å². The molecule has 32 heavy (non-hydrogen) atoms. The zero-order valence-corrected chi connectivity index (χ0v) is 17.8. The normalized spacial score (nSPS) is 19.8. The van der Waals surface area contributed by atoms with E-state index in [-0.39, 0.29) is 17.9 Å². The van der Waals surface area contributed by atoms with E-state index in [1.807, 2.05) is 24.4 Å². The highest BCUT2D eigenvalue weighted by Crippen LogP contribution is 2.38. The summed E-state index contributed by atoms with van der Waals surface area (Å²) in [6.07, 6.45) is 2.77. The van der Waals surface area contributed by atoms with Crippen LogP contribution in [0.1, 0.15) is 43.4 Å². The minimum absolute atomic E-state index is 0.179. The van der Waals surface area contributed by atoms with Gasteiger partial charge in [0.05, 0.1) is 17.2 Å². The van der Waals surface area contributed by atoms with Crippen LogP contribution in [0.5, 0.6) is 0 Å². The number of imide groups is 1. The molecular weight excluding hydrogens is 400 g/mol. The quantitative estimate of drug-likeness (QED) is 0.605. The van der Waals surface area contributed by atoms with Crippen molar-refractivity contribution in [3.8, 4) is 0 Å². The van der Waals surface area contributed by atoms with Crippen molar-refractivity contribution in [3.05, 3.63) is 94.7 Å². The van der Waals surface area contributed by atoms with Crippen LogP contribution in [-0.2, 0) is 6.42 Å². The largest absolute Gasteiger partial charge is 0.347 e. The summed E-state index contributed by atoms with van der Waals surface area (Å²) in [5.74, 6) is 0.720. The zero-order chi connectivity index (χ0) is 21.7. The molecule has 1 aromatic heterocycles. The minimum atomic E-state index is -0.179. The van der Waals surface area contributed by atoms with Crippen LogP contribution in [0.15, 0.2) is 66.9 Å². The van der Waals surface area contributed by atoms with Gasteiger partial charge in [-0.25, -0.2) is 4.98 Å². The standard InChI is InChI=1S/C26H24N4O2/c31-25-21-9-3-4-10-22(21)26(32)30(25)15-13-28-12-14-29-23(17-28)20-8-2-1-6-18(20)16-19-7-5-11-27-24(19)29/h1-11,23H,12-17H2/t23-/m0/s1. The van der Waals surface area contributed by atoms with E-state index in [1.54, 1.807) is 12.1 Å². The number of hydrogen-bond acceptors (Lipinski definition) is 5. The molecule has 3 aliphatic rings. The lowest BCUT2D eigenvalue weighted by Gasteiger charge is -2.42. The van der Waals surface area contributed by atoms with Crippen LogP contribution in [0, 0.1) is 0 Å². The van der Waals surface area contributed by atoms with Crippen LogP contribution in [0.2, 0.25) is 0 Å². The molecular formula is C26H24N4O2. The molecule has 2 aromatic carbocycles. The van der Waals surface area contributed by atoms with Crippen molar-refractivity contribution < 1.29 is 9.59 Å². The topological polar surface area (TPSA) is 56.8 Å². The predicted molar refractivity (Wildman–Crippen MR) is 122 cm³/mol. The van der Waals surface area contributed by atoms with E-state index >= 15 is 0 Å². The second-order valence-corrected chi connectivity index (χ2v) is 8.68. The minimum Gasteiger partial charge on any atom is -0.347 e. The average molecular weight is 425 g/mol. The lowest BCUT2D eigenvalue weighted by molar-refractivity contribution is 0.0631. The highest BCUT2D eigenvalue weighted by atomic mass is 16.2. The number of nitrogens with zero attached hydrogens (tertiary/aromatic N) is 4. The number of rotatable bonds is 3. The number of hydrogen-bond donors (Lipinski definition) is 0. The molecule has 0 radical (unpaired) electrons. The summed E-state index contributed by atoms with van der Waals surface area (Å²) in [5, 5.41) is 0. The fraction of sp³-hybridized carbons (Fsp3) is 0.269. The summed E-state index contributed by atoms with van der Waals surface area (Å²) in [5.41, 5.74) is 4.99. The Bertz CT molecular complexity index is 1190. The van der Waals surface area contributed by atoms with Gasteiger partial charge in [0.15, 0.2) is 0 Å². The molecule has 0 spiro atoms. The summed E-state index contributed by atoms with van der Waals surface area (Å²) in [6, 6.07) is 20.1. The maximum absolute atomic E-state index is 12.7. The van der Waals surface area contributed by atoms with Crippen molar-refractivity contribution in [2.75, 3.05) is 37.6 Å². The maximum atomic E-state index is 12.7. The third-order valence-electron chi connectivity index (χ3n) is 6.92. The fourth-order valence-electron chi connectivity index (χ4n) is 5.30. The van der Waals surface area contributed by atoms with Crippen molar-refractivity contribution in [2.45, 2.75) is 12.5 Å². The Labute approximate surface area is 187 Å². The van der Waals surface area contributed by atoms with Gasteiger partial charge in [0.25, 0.3) is 11.8 Å². The SMILES string of the molecule is O=C1c2ccccc2C(=O)N1CCN1CCN2c3ncccc3Cc3ccccc3[C@@H]2C1. The summed E-state index contributed by atoms with van der Waals surface area (Å²) in [4.78, 5) is 36.4. The lowest BCUT2D eigenvalue weighted by Crippen LogP contribution is -2.51. The number of benzene rings is 2. The van der Waals surface area contributed by atoms with Crippen LogP contribution in [-0.4, -0.2) is 59.3 Å². The van der Waals surface area contributed by atoms with Crippen molar-refractivity contribution in [1.29, 1.82) is 0 Å². The molecule has 0 N–H and O–H groups in total. The molecule has 3 aromatic rings. The number of pyridine rings is 1. The molecule has 4 heterocycles. The number of fused-ring (bicyclic) bond motifs is 6. The smallest absolute Gasteiger partial charge is 0.261 e. The van der Waals surface area contributed by atoms with Gasteiger partial charge in [-0.3, -0.25) is 19.4 Å². The summed E-state index contributed by atoms with van der Waals surface area (Å²) in [7, 11) is 0. The average Bonchev–Trinajstić information content (AvgIpc) is 2.99. The fourth-order valence-corrected chi connectivity index (χ4v) is 5.30. The van der Waals surface area contributed by atoms with E-state index in [9.17, 15) is 9.59 Å². The molecule has 0 aliphatic carbocycles. The van der Waals surface area contributed by atoms with Crippen molar-refractivity contribution in [1.82, 2.24) is 14.8 Å². The highest BCUT2D eigenvalue weighted by Gasteiger charge is 2.37. The monoisotopic (exact) mass is 424 g/mol. The number of piperazine rings is 1. The van der Waals surface area contributed by atoms with E-state index in [0.717, 1.165) is 31.9 Å². The first-order chi connectivity index (χ1) is 15.7. The van der Waals surface area contributed by atoms with Gasteiger partial charge in [-0.2, -0.15) is 0 Å². The van der Waals surface area contributed by atoms with Gasteiger partial charge in [0.1, 0.15) is 5.82 Å². The number of carbonyl (C=O) groups excluding carboxylic acids is 2. The molecule has 1 saturated heterocycles. The van der Waals surface area contributed by atoms with Crippen LogP contribution in [0.4, 0.5) is 5.82 Å². The first kappa shape index (κ1) is 19.2. The number of aromatic nitrogens is 1. The molecule has 6 nitrogen and oxygen atoms in total. The van der Waals surface area contributed by atoms with Crippen molar-refractivity contribution in [3.63, 3.8) is 0 Å². The second kappa shape index (κ2) is 7.57. The first-order valence-electron chi connectivity index (χ1n) is 11.2. The van der Waals surface area contributed by atoms with Gasteiger partial charge in [0.2, 0.25) is 0 Å². The highest BCUT2D eigenvalue weighted by molar-refractivity contribution is 6.21. The van der Waals surface area contributed by atoms with Gasteiger partial charge < -0.3 is 4.90 Å². The Morgan fingerprint density at radius 3 is 2.34 bits per heavy atom. The first-order valence-corrected chi connectivity index (χ1v) is 11.2. The van der Waals surface area contributed by atoms with Crippen LogP contribution < -0.4 is 4.90 Å². The molecule has 2 amide bonds. The Kier molecular flexibility index (Phi) is 4.54. The molecule has 1 fully saturated rings. The number of anilines is 1. The molecule has 160 valence electrons. The molecule has 0 unspecified atom stereocenters. The number of amides is 2. The van der Waals surface area contributed by atoms with Gasteiger partial charge >= 0.3 is 0 Å². The summed E-state index contributed by atoms with van der Waals surface area (Å²) < 4.78 is 0. The maximum Gasteiger partial charge on any atom is 0.261 e. The van der Waals surface area contributed by atoms with Crippen LogP contribution in [0.3, 0.4) is 0 Å². The molecule has 3 aliphatic heterocycles. The summed E-state index contributed by atoms with van der Waals surface area (Å²) >= 11 is 0. The Balaban J connectivity index is 1.23. The van der Waals surface area contributed by atoms with Crippen molar-refractivity contribution >= 4 is 17.6 Å². The van der Waals surface area contributed by atoms with Gasteiger partial charge in [-0.1, -0.05) is 42.5 Å². The molecule has 1 atom stereocenters. The van der Waals surface area contributed by atoms with E-state index < -0.39 is 0 Å². The Morgan fingerprint density at radius 2 is 1.53 bits per heavy atom. The van der Waals surface area contributed by atoms with Gasteiger partial charge in [0, 0.05) is 45.3 Å². The predicted octanol–water partition coefficient (Wildman–Crippen LogP) is 3.15. The zero-order valence-electron chi connectivity index (χ0n) is 17.8. The van der Waals surface area contributed by atoms with E-state index in [0.29, 0.717) is 24.2 Å². The van der Waals surface area contributed by atoms with E-state index in [2.05, 4.69) is 40.1 Å². The molecule has 6 heteroatoms. The Morgan fingerprint density at radius 1 is 0.812 bits per heavy atom. The summed E-state index contributed by atoms with van der Waals surface area (Å²) in [6.45, 7) is 3.67. The molecule has 6 rings (SSSR count). The third-order valence-corrected chi connectivity index (χ3v) is 6.92. The number of carbonyl (C=O) groups is 2. The molecule has 0 saturated carbocycles. The second-order valence-electron chi connectivity index (χ2n) is 8.68. The van der Waals surface area contributed by atoms with Crippen LogP contribution in [0.25, 0.3) is 0 Å². The lowest BCUT2D eigenvalue weighted by atomic mass is 9.96. The molecule has 0 bridgehead atoms. The van der Waals surface area contributed by atoms with E-state index in [4.69, 9.17) is 4.98 Å². The van der Waals surface area contributed by atoms with E-state index in [1.165, 1.54) is 21.6 Å². The van der Waals surface area contributed by atoms with Crippen molar-refractivity contribution in [2.24, 2.45) is 0 Å². The van der Waals surface area contributed by atoms with Crippen LogP contribution >= 0.6 is 0 Å². The van der Waals surface area contributed by atoms with Gasteiger partial charge in [-0.05, 0) is 34.9 Å². The Hall–Kier alpha value is -3.51.